The largest absolute Gasteiger partial charge is 0.507 e. The molecule has 208 valence electrons. The number of amides is 3. The van der Waals surface area contributed by atoms with Crippen molar-refractivity contribution in [3.05, 3.63) is 64.7 Å². The van der Waals surface area contributed by atoms with Crippen LogP contribution in [0.4, 0.5) is 0 Å². The van der Waals surface area contributed by atoms with E-state index in [1.807, 2.05) is 35.0 Å². The molecule has 3 amide bonds. The van der Waals surface area contributed by atoms with Crippen LogP contribution in [0.3, 0.4) is 0 Å². The van der Waals surface area contributed by atoms with Crippen LogP contribution in [-0.2, 0) is 11.2 Å². The lowest BCUT2D eigenvalue weighted by atomic mass is 10.00. The van der Waals surface area contributed by atoms with Gasteiger partial charge in [-0.15, -0.1) is 0 Å². The first-order valence-corrected chi connectivity index (χ1v) is 14.4. The zero-order chi connectivity index (χ0) is 27.4. The smallest absolute Gasteiger partial charge is 0.255 e. The first-order chi connectivity index (χ1) is 18.9. The number of hydrogen-bond acceptors (Lipinski definition) is 5. The first-order valence-electron chi connectivity index (χ1n) is 14.4. The fraction of sp³-hybridized carbons (Fsp3) is 0.516. The normalized spacial score (nSPS) is 19.9. The molecule has 1 atom stereocenters. The maximum absolute atomic E-state index is 13.5. The SMILES string of the molecule is CN(C(=O)c1ccc2c(c1)[C@H](NC(=O)c1ccccc1O)CC2)C1CCN(C(=O)CCN2CCCCC2)CC1. The fourth-order valence-electron chi connectivity index (χ4n) is 6.25. The molecule has 0 aromatic heterocycles. The number of likely N-dealkylation sites (tertiary alicyclic amines) is 2. The minimum absolute atomic E-state index is 0.0367. The van der Waals surface area contributed by atoms with Crippen LogP contribution in [0.5, 0.6) is 5.75 Å². The van der Waals surface area contributed by atoms with Crippen LogP contribution in [0.25, 0.3) is 0 Å². The van der Waals surface area contributed by atoms with Crippen molar-refractivity contribution in [1.29, 1.82) is 0 Å². The Labute approximate surface area is 231 Å². The van der Waals surface area contributed by atoms with E-state index in [0.29, 0.717) is 25.1 Å². The number of hydrogen-bond donors (Lipinski definition) is 2. The van der Waals surface area contributed by atoms with Crippen LogP contribution < -0.4 is 5.32 Å². The predicted molar refractivity (Wildman–Crippen MR) is 150 cm³/mol. The zero-order valence-corrected chi connectivity index (χ0v) is 22.9. The van der Waals surface area contributed by atoms with Crippen molar-refractivity contribution in [2.45, 2.75) is 63.5 Å². The van der Waals surface area contributed by atoms with E-state index in [1.54, 1.807) is 18.2 Å². The average molecular weight is 533 g/mol. The second-order valence-corrected chi connectivity index (χ2v) is 11.2. The third kappa shape index (κ3) is 6.27. The minimum Gasteiger partial charge on any atom is -0.507 e. The molecule has 5 rings (SSSR count). The van der Waals surface area contributed by atoms with Gasteiger partial charge in [-0.25, -0.2) is 0 Å². The zero-order valence-electron chi connectivity index (χ0n) is 22.9. The molecule has 0 radical (unpaired) electrons. The molecule has 2 heterocycles. The number of nitrogens with zero attached hydrogens (tertiary/aromatic N) is 3. The summed E-state index contributed by atoms with van der Waals surface area (Å²) in [6, 6.07) is 12.2. The van der Waals surface area contributed by atoms with E-state index in [-0.39, 0.29) is 41.1 Å². The Morgan fingerprint density at radius 3 is 2.46 bits per heavy atom. The molecular weight excluding hydrogens is 492 g/mol. The van der Waals surface area contributed by atoms with Gasteiger partial charge in [0.15, 0.2) is 0 Å². The third-order valence-electron chi connectivity index (χ3n) is 8.70. The number of aromatic hydroxyl groups is 1. The van der Waals surface area contributed by atoms with Crippen molar-refractivity contribution >= 4 is 17.7 Å². The Morgan fingerprint density at radius 2 is 1.72 bits per heavy atom. The van der Waals surface area contributed by atoms with Gasteiger partial charge in [-0.2, -0.15) is 0 Å². The molecular formula is C31H40N4O4. The van der Waals surface area contributed by atoms with Gasteiger partial charge in [0.1, 0.15) is 5.75 Å². The number of piperidine rings is 2. The van der Waals surface area contributed by atoms with Gasteiger partial charge in [0.2, 0.25) is 5.91 Å². The molecule has 8 nitrogen and oxygen atoms in total. The summed E-state index contributed by atoms with van der Waals surface area (Å²) in [5, 5.41) is 13.1. The van der Waals surface area contributed by atoms with Crippen LogP contribution in [0.15, 0.2) is 42.5 Å². The number of carbonyl (C=O) groups excluding carboxylic acids is 3. The third-order valence-corrected chi connectivity index (χ3v) is 8.70. The van der Waals surface area contributed by atoms with Gasteiger partial charge in [0, 0.05) is 44.7 Å². The molecule has 2 aliphatic heterocycles. The minimum atomic E-state index is -0.322. The van der Waals surface area contributed by atoms with Crippen LogP contribution in [0.1, 0.15) is 82.8 Å². The van der Waals surface area contributed by atoms with E-state index in [9.17, 15) is 19.5 Å². The first kappa shape index (κ1) is 27.2. The van der Waals surface area contributed by atoms with Gasteiger partial charge in [0.05, 0.1) is 11.6 Å². The molecule has 2 aromatic carbocycles. The molecule has 2 saturated heterocycles. The second kappa shape index (κ2) is 12.2. The van der Waals surface area contributed by atoms with Crippen LogP contribution in [0, 0.1) is 0 Å². The molecule has 2 N–H and O–H groups in total. The lowest BCUT2D eigenvalue weighted by molar-refractivity contribution is -0.133. The molecule has 8 heteroatoms. The van der Waals surface area contributed by atoms with E-state index in [2.05, 4.69) is 10.2 Å². The van der Waals surface area contributed by atoms with E-state index < -0.39 is 0 Å². The second-order valence-electron chi connectivity index (χ2n) is 11.2. The summed E-state index contributed by atoms with van der Waals surface area (Å²) < 4.78 is 0. The summed E-state index contributed by atoms with van der Waals surface area (Å²) in [4.78, 5) is 45.2. The quantitative estimate of drug-likeness (QED) is 0.567. The van der Waals surface area contributed by atoms with E-state index >= 15 is 0 Å². The number of aryl methyl sites for hydroxylation is 1. The lowest BCUT2D eigenvalue weighted by Gasteiger charge is -2.37. The Morgan fingerprint density at radius 1 is 0.974 bits per heavy atom. The van der Waals surface area contributed by atoms with Crippen molar-refractivity contribution in [2.75, 3.05) is 39.8 Å². The Balaban J connectivity index is 1.15. The summed E-state index contributed by atoms with van der Waals surface area (Å²) in [6.45, 7) is 4.43. The number of rotatable bonds is 7. The van der Waals surface area contributed by atoms with Gasteiger partial charge in [-0.05, 0) is 87.0 Å². The van der Waals surface area contributed by atoms with Gasteiger partial charge in [-0.1, -0.05) is 24.6 Å². The van der Waals surface area contributed by atoms with Crippen molar-refractivity contribution < 1.29 is 19.5 Å². The number of benzene rings is 2. The maximum Gasteiger partial charge on any atom is 0.255 e. The molecule has 2 aromatic rings. The van der Waals surface area contributed by atoms with Crippen LogP contribution in [0.2, 0.25) is 0 Å². The number of phenolic OH excluding ortho intramolecular Hbond substituents is 1. The molecule has 0 unspecified atom stereocenters. The van der Waals surface area contributed by atoms with Gasteiger partial charge >= 0.3 is 0 Å². The van der Waals surface area contributed by atoms with Crippen molar-refractivity contribution in [3.63, 3.8) is 0 Å². The number of phenols is 1. The Hall–Kier alpha value is -3.39. The summed E-state index contributed by atoms with van der Waals surface area (Å²) in [7, 11) is 1.85. The highest BCUT2D eigenvalue weighted by Crippen LogP contribution is 2.33. The van der Waals surface area contributed by atoms with Crippen molar-refractivity contribution in [1.82, 2.24) is 20.0 Å². The van der Waals surface area contributed by atoms with Crippen LogP contribution >= 0.6 is 0 Å². The average Bonchev–Trinajstić information content (AvgIpc) is 3.37. The number of para-hydroxylation sites is 1. The molecule has 39 heavy (non-hydrogen) atoms. The highest BCUT2D eigenvalue weighted by molar-refractivity contribution is 5.97. The molecule has 1 aliphatic carbocycles. The molecule has 0 spiro atoms. The molecule has 0 bridgehead atoms. The van der Waals surface area contributed by atoms with Gasteiger partial charge in [0.25, 0.3) is 11.8 Å². The summed E-state index contributed by atoms with van der Waals surface area (Å²) in [6.07, 6.45) is 7.49. The predicted octanol–water partition coefficient (Wildman–Crippen LogP) is 3.75. The Bertz CT molecular complexity index is 1200. The highest BCUT2D eigenvalue weighted by Gasteiger charge is 2.30. The number of carbonyl (C=O) groups is 3. The van der Waals surface area contributed by atoms with E-state index in [0.717, 1.165) is 56.4 Å². The lowest BCUT2D eigenvalue weighted by Crippen LogP contribution is -2.47. The van der Waals surface area contributed by atoms with Crippen molar-refractivity contribution in [2.24, 2.45) is 0 Å². The summed E-state index contributed by atoms with van der Waals surface area (Å²) >= 11 is 0. The summed E-state index contributed by atoms with van der Waals surface area (Å²) in [5.41, 5.74) is 2.95. The Kier molecular flexibility index (Phi) is 8.50. The van der Waals surface area contributed by atoms with Crippen molar-refractivity contribution in [3.8, 4) is 5.75 Å². The highest BCUT2D eigenvalue weighted by atomic mass is 16.3. The van der Waals surface area contributed by atoms with Gasteiger partial charge < -0.3 is 25.1 Å². The standard InChI is InChI=1S/C31H40N4O4/c1-33(24-13-19-35(20-14-24)29(37)15-18-34-16-5-2-6-17-34)31(39)23-10-9-22-11-12-27(26(22)21-23)32-30(38)25-7-3-4-8-28(25)36/h3-4,7-10,21,24,27,36H,2,5-6,11-20H2,1H3,(H,32,38)/t27-/m1/s1. The number of nitrogens with one attached hydrogen (secondary N) is 1. The summed E-state index contributed by atoms with van der Waals surface area (Å²) in [5.74, 6) is -0.181. The topological polar surface area (TPSA) is 93.2 Å². The van der Waals surface area contributed by atoms with Crippen LogP contribution in [-0.4, -0.2) is 83.3 Å². The maximum atomic E-state index is 13.5. The van der Waals surface area contributed by atoms with E-state index in [4.69, 9.17) is 0 Å². The van der Waals surface area contributed by atoms with E-state index in [1.165, 1.54) is 25.3 Å². The molecule has 0 saturated carbocycles. The molecule has 3 aliphatic rings. The van der Waals surface area contributed by atoms with Gasteiger partial charge in [-0.3, -0.25) is 14.4 Å². The molecule has 2 fully saturated rings. The number of fused-ring (bicyclic) bond motifs is 1. The monoisotopic (exact) mass is 532 g/mol. The fourth-order valence-corrected chi connectivity index (χ4v) is 6.25.